The lowest BCUT2D eigenvalue weighted by Gasteiger charge is -2.24. The van der Waals surface area contributed by atoms with Crippen molar-refractivity contribution in [2.24, 2.45) is 5.92 Å². The van der Waals surface area contributed by atoms with Crippen molar-refractivity contribution >= 4 is 0 Å². The van der Waals surface area contributed by atoms with Crippen LogP contribution in [0.2, 0.25) is 0 Å². The Bertz CT molecular complexity index is 309. The van der Waals surface area contributed by atoms with Gasteiger partial charge in [-0.15, -0.1) is 0 Å². The molecule has 0 spiro atoms. The number of hydrogen-bond acceptors (Lipinski definition) is 3. The fourth-order valence-electron chi connectivity index (χ4n) is 1.89. The van der Waals surface area contributed by atoms with E-state index < -0.39 is 0 Å². The van der Waals surface area contributed by atoms with E-state index in [1.165, 1.54) is 0 Å². The Morgan fingerprint density at radius 1 is 1.57 bits per heavy atom. The third kappa shape index (κ3) is 1.78. The summed E-state index contributed by atoms with van der Waals surface area (Å²) in [5, 5.41) is 9.10. The second-order valence-corrected chi connectivity index (χ2v) is 3.53. The van der Waals surface area contributed by atoms with Gasteiger partial charge in [-0.25, -0.2) is 4.98 Å². The lowest BCUT2D eigenvalue weighted by Crippen LogP contribution is -2.22. The number of aromatic nitrogens is 2. The molecule has 2 heterocycles. The predicted octanol–water partition coefficient (Wildman–Crippen LogP) is 1.44. The maximum Gasteiger partial charge on any atom is 0.123 e. The molecule has 14 heavy (non-hydrogen) atoms. The summed E-state index contributed by atoms with van der Waals surface area (Å²) in [6.45, 7) is 1.53. The third-order valence-corrected chi connectivity index (χ3v) is 2.69. The average Bonchev–Trinajstić information content (AvgIpc) is 2.74. The molecule has 1 aliphatic heterocycles. The van der Waals surface area contributed by atoms with E-state index in [-0.39, 0.29) is 5.92 Å². The highest BCUT2D eigenvalue weighted by atomic mass is 16.5. The van der Waals surface area contributed by atoms with Crippen LogP contribution in [0.3, 0.4) is 0 Å². The van der Waals surface area contributed by atoms with Crippen LogP contribution in [0.5, 0.6) is 0 Å². The topological polar surface area (TPSA) is 61.7 Å². The lowest BCUT2D eigenvalue weighted by molar-refractivity contribution is 0.0623. The first-order chi connectivity index (χ1) is 6.92. The zero-order valence-electron chi connectivity index (χ0n) is 7.94. The summed E-state index contributed by atoms with van der Waals surface area (Å²) in [4.78, 5) is 7.15. The van der Waals surface area contributed by atoms with Gasteiger partial charge in [0.15, 0.2) is 0 Å². The molecule has 1 unspecified atom stereocenters. The smallest absolute Gasteiger partial charge is 0.123 e. The molecule has 0 aromatic carbocycles. The summed E-state index contributed by atoms with van der Waals surface area (Å²) in [6, 6.07) is 2.32. The summed E-state index contributed by atoms with van der Waals surface area (Å²) in [6.07, 6.45) is 5.37. The highest BCUT2D eigenvalue weighted by Crippen LogP contribution is 2.29. The van der Waals surface area contributed by atoms with Crippen molar-refractivity contribution < 1.29 is 4.74 Å². The van der Waals surface area contributed by atoms with Gasteiger partial charge < -0.3 is 9.72 Å². The number of hydrogen-bond donors (Lipinski definition) is 1. The minimum Gasteiger partial charge on any atom is -0.381 e. The Kier molecular flexibility index (Phi) is 2.80. The monoisotopic (exact) mass is 191 g/mol. The van der Waals surface area contributed by atoms with Gasteiger partial charge in [0.2, 0.25) is 0 Å². The molecular formula is C10H13N3O. The second kappa shape index (κ2) is 4.25. The molecule has 0 bridgehead atoms. The van der Waals surface area contributed by atoms with Gasteiger partial charge in [0.05, 0.1) is 6.07 Å². The SMILES string of the molecule is N#CC(c1ncc[nH]1)C1CCOCC1. The zero-order chi connectivity index (χ0) is 9.80. The number of aromatic amines is 1. The highest BCUT2D eigenvalue weighted by Gasteiger charge is 2.26. The summed E-state index contributed by atoms with van der Waals surface area (Å²) in [7, 11) is 0. The minimum absolute atomic E-state index is 0.103. The summed E-state index contributed by atoms with van der Waals surface area (Å²) in [5.74, 6) is 1.08. The summed E-state index contributed by atoms with van der Waals surface area (Å²) < 4.78 is 5.27. The summed E-state index contributed by atoms with van der Waals surface area (Å²) in [5.41, 5.74) is 0. The molecule has 4 nitrogen and oxygen atoms in total. The van der Waals surface area contributed by atoms with E-state index in [1.54, 1.807) is 12.4 Å². The van der Waals surface area contributed by atoms with Crippen LogP contribution in [0.1, 0.15) is 24.6 Å². The number of ether oxygens (including phenoxy) is 1. The summed E-state index contributed by atoms with van der Waals surface area (Å²) >= 11 is 0. The van der Waals surface area contributed by atoms with Gasteiger partial charge in [-0.05, 0) is 18.8 Å². The normalized spacial score (nSPS) is 20.2. The molecule has 0 saturated carbocycles. The quantitative estimate of drug-likeness (QED) is 0.769. The van der Waals surface area contributed by atoms with Crippen molar-refractivity contribution in [1.29, 1.82) is 5.26 Å². The molecule has 0 amide bonds. The van der Waals surface area contributed by atoms with Crippen LogP contribution in [-0.4, -0.2) is 23.2 Å². The molecule has 4 heteroatoms. The van der Waals surface area contributed by atoms with Crippen LogP contribution in [0.15, 0.2) is 12.4 Å². The Morgan fingerprint density at radius 3 is 2.93 bits per heavy atom. The first-order valence-electron chi connectivity index (χ1n) is 4.88. The second-order valence-electron chi connectivity index (χ2n) is 3.53. The van der Waals surface area contributed by atoms with Gasteiger partial charge in [0.1, 0.15) is 11.7 Å². The first kappa shape index (κ1) is 9.22. The molecule has 1 saturated heterocycles. The fourth-order valence-corrected chi connectivity index (χ4v) is 1.89. The van der Waals surface area contributed by atoms with Gasteiger partial charge in [0, 0.05) is 25.6 Å². The molecule has 1 aliphatic rings. The molecule has 1 fully saturated rings. The maximum absolute atomic E-state index is 9.10. The fraction of sp³-hybridized carbons (Fsp3) is 0.600. The largest absolute Gasteiger partial charge is 0.381 e. The van der Waals surface area contributed by atoms with Crippen LogP contribution < -0.4 is 0 Å². The average molecular weight is 191 g/mol. The number of H-pyrrole nitrogens is 1. The number of rotatable bonds is 2. The van der Waals surface area contributed by atoms with E-state index >= 15 is 0 Å². The molecule has 1 atom stereocenters. The first-order valence-corrected chi connectivity index (χ1v) is 4.88. The number of nitriles is 1. The van der Waals surface area contributed by atoms with E-state index in [4.69, 9.17) is 10.00 Å². The predicted molar refractivity (Wildman–Crippen MR) is 50.5 cm³/mol. The Morgan fingerprint density at radius 2 is 2.36 bits per heavy atom. The third-order valence-electron chi connectivity index (χ3n) is 2.69. The van der Waals surface area contributed by atoms with Crippen molar-refractivity contribution in [2.75, 3.05) is 13.2 Å². The van der Waals surface area contributed by atoms with Crippen molar-refractivity contribution in [3.8, 4) is 6.07 Å². The van der Waals surface area contributed by atoms with E-state index in [1.807, 2.05) is 0 Å². The van der Waals surface area contributed by atoms with Gasteiger partial charge in [0.25, 0.3) is 0 Å². The van der Waals surface area contributed by atoms with Crippen LogP contribution in [0.4, 0.5) is 0 Å². The molecule has 1 aromatic heterocycles. The molecular weight excluding hydrogens is 178 g/mol. The van der Waals surface area contributed by atoms with Crippen molar-refractivity contribution in [2.45, 2.75) is 18.8 Å². The van der Waals surface area contributed by atoms with E-state index in [2.05, 4.69) is 16.0 Å². The molecule has 2 rings (SSSR count). The maximum atomic E-state index is 9.10. The lowest BCUT2D eigenvalue weighted by atomic mass is 9.86. The van der Waals surface area contributed by atoms with Crippen LogP contribution in [-0.2, 0) is 4.74 Å². The molecule has 1 N–H and O–H groups in total. The molecule has 0 radical (unpaired) electrons. The van der Waals surface area contributed by atoms with Gasteiger partial charge in [-0.1, -0.05) is 0 Å². The van der Waals surface area contributed by atoms with E-state index in [9.17, 15) is 0 Å². The Hall–Kier alpha value is -1.34. The van der Waals surface area contributed by atoms with Crippen LogP contribution in [0, 0.1) is 17.2 Å². The highest BCUT2D eigenvalue weighted by molar-refractivity contribution is 5.10. The van der Waals surface area contributed by atoms with Crippen molar-refractivity contribution in [3.63, 3.8) is 0 Å². The van der Waals surface area contributed by atoms with Gasteiger partial charge in [-0.2, -0.15) is 5.26 Å². The number of nitrogens with zero attached hydrogens (tertiary/aromatic N) is 2. The number of nitrogens with one attached hydrogen (secondary N) is 1. The van der Waals surface area contributed by atoms with Crippen molar-refractivity contribution in [3.05, 3.63) is 18.2 Å². The van der Waals surface area contributed by atoms with Crippen LogP contribution >= 0.6 is 0 Å². The number of imidazole rings is 1. The van der Waals surface area contributed by atoms with Gasteiger partial charge >= 0.3 is 0 Å². The molecule has 74 valence electrons. The van der Waals surface area contributed by atoms with Gasteiger partial charge in [-0.3, -0.25) is 0 Å². The van der Waals surface area contributed by atoms with E-state index in [0.717, 1.165) is 31.9 Å². The Balaban J connectivity index is 2.09. The standard InChI is InChI=1S/C10H13N3O/c11-7-9(10-12-3-4-13-10)8-1-5-14-6-2-8/h3-4,8-9H,1-2,5-6H2,(H,12,13). The van der Waals surface area contributed by atoms with Crippen LogP contribution in [0.25, 0.3) is 0 Å². The Labute approximate surface area is 82.9 Å². The molecule has 0 aliphatic carbocycles. The minimum atomic E-state index is -0.103. The van der Waals surface area contributed by atoms with Crippen molar-refractivity contribution in [1.82, 2.24) is 9.97 Å². The zero-order valence-corrected chi connectivity index (χ0v) is 7.94. The van der Waals surface area contributed by atoms with E-state index in [0.29, 0.717) is 5.92 Å². The molecule has 1 aromatic rings.